The molecule has 1 N–H and O–H groups in total. The van der Waals surface area contributed by atoms with Crippen molar-refractivity contribution < 1.29 is 9.50 Å². The average Bonchev–Trinajstić information content (AvgIpc) is 2.91. The van der Waals surface area contributed by atoms with Gasteiger partial charge in [-0.25, -0.2) is 4.39 Å². The molecule has 0 unspecified atom stereocenters. The minimum absolute atomic E-state index is 0.0472. The Morgan fingerprint density at radius 1 is 1.32 bits per heavy atom. The van der Waals surface area contributed by atoms with Gasteiger partial charge in [0.05, 0.1) is 6.61 Å². The lowest BCUT2D eigenvalue weighted by atomic mass is 10.1. The van der Waals surface area contributed by atoms with Gasteiger partial charge in [-0.3, -0.25) is 0 Å². The summed E-state index contributed by atoms with van der Waals surface area (Å²) in [6.07, 6.45) is 5.62. The van der Waals surface area contributed by atoms with E-state index >= 15 is 0 Å². The molecule has 0 aliphatic heterocycles. The number of aliphatic hydroxyl groups is 1. The lowest BCUT2D eigenvalue weighted by molar-refractivity contribution is 0.305. The molecule has 1 aromatic rings. The molecular formula is C16H19FOS. The fourth-order valence-electron chi connectivity index (χ4n) is 2.23. The Morgan fingerprint density at radius 3 is 2.79 bits per heavy atom. The lowest BCUT2D eigenvalue weighted by Gasteiger charge is -2.09. The summed E-state index contributed by atoms with van der Waals surface area (Å²) in [5, 5.41) is 9.35. The number of halogens is 1. The maximum absolute atomic E-state index is 13.9. The predicted molar refractivity (Wildman–Crippen MR) is 78.5 cm³/mol. The number of hydrogen-bond acceptors (Lipinski definition) is 2. The molecule has 1 aliphatic carbocycles. The Hall–Kier alpha value is -0.980. The Kier molecular flexibility index (Phi) is 5.75. The van der Waals surface area contributed by atoms with Crippen LogP contribution < -0.4 is 0 Å². The van der Waals surface area contributed by atoms with Gasteiger partial charge < -0.3 is 5.11 Å². The molecule has 19 heavy (non-hydrogen) atoms. The first-order chi connectivity index (χ1) is 9.29. The van der Waals surface area contributed by atoms with Gasteiger partial charge in [0.25, 0.3) is 0 Å². The zero-order valence-electron chi connectivity index (χ0n) is 11.0. The summed E-state index contributed by atoms with van der Waals surface area (Å²) in [5.41, 5.74) is 1.45. The minimum atomic E-state index is -0.165. The maximum atomic E-state index is 13.9. The van der Waals surface area contributed by atoms with Crippen LogP contribution in [0.4, 0.5) is 4.39 Å². The van der Waals surface area contributed by atoms with E-state index in [0.29, 0.717) is 17.2 Å². The topological polar surface area (TPSA) is 20.2 Å². The number of benzene rings is 1. The maximum Gasteiger partial charge on any atom is 0.128 e. The summed E-state index contributed by atoms with van der Waals surface area (Å²) >= 11 is 1.87. The van der Waals surface area contributed by atoms with Gasteiger partial charge in [-0.15, -0.1) is 0 Å². The second-order valence-corrected chi connectivity index (χ2v) is 6.09. The molecule has 0 atom stereocenters. The molecule has 0 saturated heterocycles. The van der Waals surface area contributed by atoms with Crippen LogP contribution in [0, 0.1) is 17.7 Å². The van der Waals surface area contributed by atoms with Crippen LogP contribution >= 0.6 is 11.8 Å². The zero-order chi connectivity index (χ0) is 13.5. The van der Waals surface area contributed by atoms with Gasteiger partial charge in [0.15, 0.2) is 0 Å². The molecule has 0 radical (unpaired) electrons. The third-order valence-corrected chi connectivity index (χ3v) is 4.72. The molecule has 0 bridgehead atoms. The van der Waals surface area contributed by atoms with Crippen molar-refractivity contribution in [1.82, 2.24) is 0 Å². The van der Waals surface area contributed by atoms with Gasteiger partial charge in [0.1, 0.15) is 5.82 Å². The van der Waals surface area contributed by atoms with Crippen molar-refractivity contribution >= 4 is 11.8 Å². The first-order valence-corrected chi connectivity index (χ1v) is 7.84. The zero-order valence-corrected chi connectivity index (χ0v) is 11.8. The Balaban J connectivity index is 1.93. The van der Waals surface area contributed by atoms with Crippen molar-refractivity contribution in [2.75, 3.05) is 6.61 Å². The molecule has 1 saturated carbocycles. The van der Waals surface area contributed by atoms with E-state index in [1.807, 2.05) is 23.9 Å². The highest BCUT2D eigenvalue weighted by Crippen LogP contribution is 2.32. The highest BCUT2D eigenvalue weighted by atomic mass is 32.2. The summed E-state index contributed by atoms with van der Waals surface area (Å²) in [6.45, 7) is 0.0472. The van der Waals surface area contributed by atoms with Crippen LogP contribution in [-0.4, -0.2) is 17.0 Å². The molecule has 2 rings (SSSR count). The van der Waals surface area contributed by atoms with Crippen molar-refractivity contribution in [3.05, 3.63) is 35.1 Å². The Morgan fingerprint density at radius 2 is 2.11 bits per heavy atom. The fourth-order valence-corrected chi connectivity index (χ4v) is 3.54. The molecule has 0 amide bonds. The van der Waals surface area contributed by atoms with Crippen LogP contribution in [0.5, 0.6) is 0 Å². The summed E-state index contributed by atoms with van der Waals surface area (Å²) in [5.74, 6) is 6.24. The number of hydrogen-bond donors (Lipinski definition) is 1. The van der Waals surface area contributed by atoms with Crippen molar-refractivity contribution in [2.45, 2.75) is 43.1 Å². The molecule has 102 valence electrons. The molecule has 0 aromatic heterocycles. The quantitative estimate of drug-likeness (QED) is 0.847. The van der Waals surface area contributed by atoms with E-state index in [1.54, 1.807) is 0 Å². The van der Waals surface area contributed by atoms with Gasteiger partial charge >= 0.3 is 0 Å². The van der Waals surface area contributed by atoms with Crippen molar-refractivity contribution in [3.8, 4) is 11.8 Å². The molecule has 0 spiro atoms. The Labute approximate surface area is 118 Å². The van der Waals surface area contributed by atoms with Gasteiger partial charge in [0.2, 0.25) is 0 Å². The first-order valence-electron chi connectivity index (χ1n) is 6.79. The van der Waals surface area contributed by atoms with Crippen molar-refractivity contribution in [1.29, 1.82) is 0 Å². The summed E-state index contributed by atoms with van der Waals surface area (Å²) in [7, 11) is 0. The normalized spacial score (nSPS) is 15.3. The predicted octanol–water partition coefficient (Wildman–Crippen LogP) is 3.74. The number of thioether (sulfide) groups is 1. The molecule has 1 aliphatic rings. The number of rotatable bonds is 4. The van der Waals surface area contributed by atoms with Gasteiger partial charge in [-0.1, -0.05) is 30.7 Å². The van der Waals surface area contributed by atoms with E-state index in [-0.39, 0.29) is 12.4 Å². The van der Waals surface area contributed by atoms with Crippen molar-refractivity contribution in [2.24, 2.45) is 0 Å². The van der Waals surface area contributed by atoms with Crippen LogP contribution in [-0.2, 0) is 5.75 Å². The van der Waals surface area contributed by atoms with Crippen LogP contribution in [0.1, 0.15) is 43.2 Å². The molecule has 1 nitrogen and oxygen atoms in total. The molecule has 0 heterocycles. The third kappa shape index (κ3) is 4.56. The standard InChI is InChI=1S/C16H19FOS/c17-16-11-13(5-3-4-10-18)8-9-14(16)12-19-15-6-1-2-7-15/h8-9,11,15,18H,1-2,4,6-7,10,12H2. The van der Waals surface area contributed by atoms with E-state index in [4.69, 9.17) is 5.11 Å². The monoisotopic (exact) mass is 278 g/mol. The second kappa shape index (κ2) is 7.57. The van der Waals surface area contributed by atoms with Crippen LogP contribution in [0.25, 0.3) is 0 Å². The van der Waals surface area contributed by atoms with Gasteiger partial charge in [-0.05, 0) is 30.5 Å². The van der Waals surface area contributed by atoms with Crippen LogP contribution in [0.15, 0.2) is 18.2 Å². The molecular weight excluding hydrogens is 259 g/mol. The first kappa shape index (κ1) is 14.4. The summed E-state index contributed by atoms with van der Waals surface area (Å²) < 4.78 is 13.9. The third-order valence-electron chi connectivity index (χ3n) is 3.30. The van der Waals surface area contributed by atoms with E-state index in [2.05, 4.69) is 11.8 Å². The lowest BCUT2D eigenvalue weighted by Crippen LogP contribution is -1.97. The second-order valence-electron chi connectivity index (χ2n) is 4.80. The largest absolute Gasteiger partial charge is 0.395 e. The van der Waals surface area contributed by atoms with Gasteiger partial charge in [0, 0.05) is 23.0 Å². The molecule has 1 aromatic carbocycles. The van der Waals surface area contributed by atoms with E-state index < -0.39 is 0 Å². The minimum Gasteiger partial charge on any atom is -0.395 e. The SMILES string of the molecule is OCCC#Cc1ccc(CSC2CCCC2)c(F)c1. The molecule has 3 heteroatoms. The summed E-state index contributed by atoms with van der Waals surface area (Å²) in [4.78, 5) is 0. The van der Waals surface area contributed by atoms with Crippen LogP contribution in [0.3, 0.4) is 0 Å². The van der Waals surface area contributed by atoms with E-state index in [0.717, 1.165) is 11.3 Å². The number of aliphatic hydroxyl groups excluding tert-OH is 1. The highest BCUT2D eigenvalue weighted by molar-refractivity contribution is 7.99. The Bertz CT molecular complexity index is 469. The fraction of sp³-hybridized carbons (Fsp3) is 0.500. The highest BCUT2D eigenvalue weighted by Gasteiger charge is 2.15. The van der Waals surface area contributed by atoms with E-state index in [9.17, 15) is 4.39 Å². The van der Waals surface area contributed by atoms with Crippen LogP contribution in [0.2, 0.25) is 0 Å². The smallest absolute Gasteiger partial charge is 0.128 e. The van der Waals surface area contributed by atoms with Gasteiger partial charge in [-0.2, -0.15) is 11.8 Å². The molecule has 1 fully saturated rings. The van der Waals surface area contributed by atoms with Crippen molar-refractivity contribution in [3.63, 3.8) is 0 Å². The average molecular weight is 278 g/mol. The van der Waals surface area contributed by atoms with E-state index in [1.165, 1.54) is 31.7 Å². The summed E-state index contributed by atoms with van der Waals surface area (Å²) in [6, 6.07) is 5.19.